The number of hydrogen-bond donors (Lipinski definition) is 1. The Hall–Kier alpha value is -4.79. The van der Waals surface area contributed by atoms with Crippen molar-refractivity contribution in [3.63, 3.8) is 0 Å². The molecule has 0 aliphatic carbocycles. The molecule has 9 heteroatoms. The van der Waals surface area contributed by atoms with Crippen LogP contribution >= 0.6 is 0 Å². The van der Waals surface area contributed by atoms with Gasteiger partial charge in [0.15, 0.2) is 0 Å². The van der Waals surface area contributed by atoms with E-state index in [-0.39, 0.29) is 44.8 Å². The third-order valence-corrected chi connectivity index (χ3v) is 6.97. The van der Waals surface area contributed by atoms with Gasteiger partial charge in [0.05, 0.1) is 18.6 Å². The van der Waals surface area contributed by atoms with Crippen LogP contribution in [0.1, 0.15) is 41.7 Å². The van der Waals surface area contributed by atoms with Gasteiger partial charge in [-0.25, -0.2) is 4.79 Å². The molecule has 44 heavy (non-hydrogen) atoms. The largest absolute Gasteiger partial charge is 0.488 e. The van der Waals surface area contributed by atoms with Gasteiger partial charge in [0, 0.05) is 25.2 Å². The second-order valence-electron chi connectivity index (χ2n) is 10.1. The number of rotatable bonds is 12. The first-order valence-corrected chi connectivity index (χ1v) is 14.4. The lowest BCUT2D eigenvalue weighted by molar-refractivity contribution is -0.142. The molecule has 0 radical (unpaired) electrons. The van der Waals surface area contributed by atoms with Gasteiger partial charge in [-0.1, -0.05) is 72.8 Å². The van der Waals surface area contributed by atoms with Gasteiger partial charge < -0.3 is 19.7 Å². The zero-order chi connectivity index (χ0) is 31.5. The summed E-state index contributed by atoms with van der Waals surface area (Å²) >= 11 is 0. The number of nitrogens with one attached hydrogen (secondary N) is 1. The molecule has 0 atom stereocenters. The molecule has 4 aromatic carbocycles. The highest BCUT2D eigenvalue weighted by atomic mass is 19.4. The van der Waals surface area contributed by atoms with Crippen molar-refractivity contribution in [3.05, 3.63) is 125 Å². The van der Waals surface area contributed by atoms with E-state index in [1.165, 1.54) is 11.0 Å². The molecule has 0 spiro atoms. The highest BCUT2D eigenvalue weighted by molar-refractivity contribution is 5.79. The van der Waals surface area contributed by atoms with Gasteiger partial charge in [-0.05, 0) is 65.9 Å². The molecule has 0 unspecified atom stereocenters. The summed E-state index contributed by atoms with van der Waals surface area (Å²) in [4.78, 5) is 26.9. The Balaban J connectivity index is 1.72. The van der Waals surface area contributed by atoms with Crippen LogP contribution in [-0.4, -0.2) is 30.1 Å². The van der Waals surface area contributed by atoms with Crippen molar-refractivity contribution in [2.75, 3.05) is 13.2 Å². The number of carbonyl (C=O) groups excluding carboxylic acids is 2. The molecule has 230 valence electrons. The number of nitrogens with zero attached hydrogens (tertiary/aromatic N) is 1. The Morgan fingerprint density at radius 2 is 1.48 bits per heavy atom. The van der Waals surface area contributed by atoms with Gasteiger partial charge in [-0.15, -0.1) is 0 Å². The molecule has 1 N–H and O–H groups in total. The predicted octanol–water partition coefficient (Wildman–Crippen LogP) is 7.79. The maximum absolute atomic E-state index is 13.9. The zero-order valence-electron chi connectivity index (χ0n) is 24.7. The van der Waals surface area contributed by atoms with Crippen molar-refractivity contribution in [3.8, 4) is 16.9 Å². The van der Waals surface area contributed by atoms with Gasteiger partial charge in [0.2, 0.25) is 0 Å². The highest BCUT2D eigenvalue weighted by Gasteiger charge is 2.32. The molecule has 0 saturated heterocycles. The molecule has 0 saturated carbocycles. The Kier molecular flexibility index (Phi) is 11.0. The molecule has 0 bridgehead atoms. The topological polar surface area (TPSA) is 67.9 Å². The molecule has 2 amide bonds. The van der Waals surface area contributed by atoms with E-state index in [0.717, 1.165) is 23.3 Å². The van der Waals surface area contributed by atoms with E-state index in [4.69, 9.17) is 9.47 Å². The highest BCUT2D eigenvalue weighted by Crippen LogP contribution is 2.38. The van der Waals surface area contributed by atoms with Crippen LogP contribution < -0.4 is 10.1 Å². The van der Waals surface area contributed by atoms with Crippen molar-refractivity contribution in [1.29, 1.82) is 0 Å². The molecule has 4 rings (SSSR count). The second-order valence-corrected chi connectivity index (χ2v) is 10.1. The second kappa shape index (κ2) is 15.1. The first-order chi connectivity index (χ1) is 21.2. The number of urea groups is 1. The quantitative estimate of drug-likeness (QED) is 0.168. The fourth-order valence-corrected chi connectivity index (χ4v) is 4.72. The number of amides is 2. The fourth-order valence-electron chi connectivity index (χ4n) is 4.72. The summed E-state index contributed by atoms with van der Waals surface area (Å²) < 4.78 is 52.9. The van der Waals surface area contributed by atoms with E-state index in [9.17, 15) is 22.8 Å². The van der Waals surface area contributed by atoms with Crippen LogP contribution in [0.5, 0.6) is 5.75 Å². The van der Waals surface area contributed by atoms with Crippen molar-refractivity contribution >= 4 is 12.0 Å². The summed E-state index contributed by atoms with van der Waals surface area (Å²) in [5, 5.41) is 2.86. The minimum absolute atomic E-state index is 0.0151. The van der Waals surface area contributed by atoms with Crippen molar-refractivity contribution < 1.29 is 32.2 Å². The lowest BCUT2D eigenvalue weighted by atomic mass is 9.94. The third-order valence-electron chi connectivity index (χ3n) is 6.97. The standard InChI is InChI=1S/C35H35F3N2O4/c1-3-40(34(42)39-22-25-11-7-5-8-12-25)23-28-21-29(35(36,37)38)16-17-30(28)31-19-27(20-33(41)43-4-2)15-18-32(31)44-24-26-13-9-6-10-14-26/h5-19,21H,3-4,20,22-24H2,1-2H3,(H,39,42). The summed E-state index contributed by atoms with van der Waals surface area (Å²) in [5.41, 5.74) is 2.85. The van der Waals surface area contributed by atoms with Gasteiger partial charge in [-0.2, -0.15) is 13.2 Å². The van der Waals surface area contributed by atoms with Crippen LogP contribution in [0.2, 0.25) is 0 Å². The van der Waals surface area contributed by atoms with Crippen LogP contribution in [0.25, 0.3) is 11.1 Å². The lowest BCUT2D eigenvalue weighted by Crippen LogP contribution is -2.39. The average molecular weight is 605 g/mol. The van der Waals surface area contributed by atoms with Gasteiger partial charge in [0.1, 0.15) is 12.4 Å². The number of ether oxygens (including phenoxy) is 2. The molecule has 0 aliphatic rings. The van der Waals surface area contributed by atoms with Crippen LogP contribution in [0.4, 0.5) is 18.0 Å². The third kappa shape index (κ3) is 8.86. The number of esters is 1. The van der Waals surface area contributed by atoms with Crippen LogP contribution in [0, 0.1) is 0 Å². The number of alkyl halides is 3. The summed E-state index contributed by atoms with van der Waals surface area (Å²) in [5.74, 6) is 0.00957. The molecule has 0 fully saturated rings. The molecule has 6 nitrogen and oxygen atoms in total. The first kappa shape index (κ1) is 32.1. The average Bonchev–Trinajstić information content (AvgIpc) is 3.02. The zero-order valence-corrected chi connectivity index (χ0v) is 24.7. The summed E-state index contributed by atoms with van der Waals surface area (Å²) in [6.07, 6.45) is -4.60. The molecule has 0 aliphatic heterocycles. The molecular formula is C35H35F3N2O4. The molecule has 4 aromatic rings. The predicted molar refractivity (Wildman–Crippen MR) is 163 cm³/mol. The van der Waals surface area contributed by atoms with E-state index in [1.807, 2.05) is 60.7 Å². The van der Waals surface area contributed by atoms with Gasteiger partial charge in [-0.3, -0.25) is 4.79 Å². The number of benzene rings is 4. The number of carbonyl (C=O) groups is 2. The van der Waals surface area contributed by atoms with E-state index in [1.54, 1.807) is 32.0 Å². The number of hydrogen-bond acceptors (Lipinski definition) is 4. The maximum atomic E-state index is 13.9. The van der Waals surface area contributed by atoms with E-state index in [0.29, 0.717) is 22.4 Å². The minimum Gasteiger partial charge on any atom is -0.488 e. The minimum atomic E-state index is -4.59. The molecule has 0 aromatic heterocycles. The first-order valence-electron chi connectivity index (χ1n) is 14.4. The summed E-state index contributed by atoms with van der Waals surface area (Å²) in [6.45, 7) is 4.39. The molecular weight excluding hydrogens is 569 g/mol. The summed E-state index contributed by atoms with van der Waals surface area (Å²) in [6, 6.07) is 27.1. The van der Waals surface area contributed by atoms with Crippen molar-refractivity contribution in [2.45, 2.75) is 46.1 Å². The SMILES string of the molecule is CCOC(=O)Cc1ccc(OCc2ccccc2)c(-c2ccc(C(F)(F)F)cc2CN(CC)C(=O)NCc2ccccc2)c1. The lowest BCUT2D eigenvalue weighted by Gasteiger charge is -2.24. The Morgan fingerprint density at radius 1 is 0.795 bits per heavy atom. The van der Waals surface area contributed by atoms with Crippen LogP contribution in [0.15, 0.2) is 97.1 Å². The smallest absolute Gasteiger partial charge is 0.416 e. The van der Waals surface area contributed by atoms with Crippen molar-refractivity contribution in [2.24, 2.45) is 0 Å². The van der Waals surface area contributed by atoms with Gasteiger partial charge in [0.25, 0.3) is 0 Å². The van der Waals surface area contributed by atoms with E-state index >= 15 is 0 Å². The Labute approximate surface area is 255 Å². The van der Waals surface area contributed by atoms with Crippen LogP contribution in [0.3, 0.4) is 0 Å². The van der Waals surface area contributed by atoms with E-state index < -0.39 is 23.7 Å². The Morgan fingerprint density at radius 3 is 2.11 bits per heavy atom. The monoisotopic (exact) mass is 604 g/mol. The van der Waals surface area contributed by atoms with Crippen LogP contribution in [-0.2, 0) is 41.8 Å². The normalized spacial score (nSPS) is 11.1. The Bertz CT molecular complexity index is 1540. The van der Waals surface area contributed by atoms with Gasteiger partial charge >= 0.3 is 18.2 Å². The van der Waals surface area contributed by atoms with Crippen molar-refractivity contribution in [1.82, 2.24) is 10.2 Å². The number of halogens is 3. The fraction of sp³-hybridized carbons (Fsp3) is 0.257. The molecule has 0 heterocycles. The maximum Gasteiger partial charge on any atom is 0.416 e. The van der Waals surface area contributed by atoms with E-state index in [2.05, 4.69) is 5.32 Å². The summed E-state index contributed by atoms with van der Waals surface area (Å²) in [7, 11) is 0.